The van der Waals surface area contributed by atoms with Crippen LogP contribution in [0.3, 0.4) is 0 Å². The molecular formula is C19H24N2O3. The number of methoxy groups -OCH3 is 1. The minimum Gasteiger partial charge on any atom is -0.381 e. The number of hydrogen-bond donors (Lipinski definition) is 3. The quantitative estimate of drug-likeness (QED) is 0.763. The van der Waals surface area contributed by atoms with Crippen molar-refractivity contribution < 1.29 is 14.6 Å². The highest BCUT2D eigenvalue weighted by atomic mass is 16.5. The van der Waals surface area contributed by atoms with Crippen LogP contribution in [0.1, 0.15) is 16.7 Å². The Bertz CT molecular complexity index is 688. The van der Waals surface area contributed by atoms with Crippen molar-refractivity contribution in [3.8, 4) is 0 Å². The molecule has 2 aromatic carbocycles. The van der Waals surface area contributed by atoms with Gasteiger partial charge in [0.2, 0.25) is 0 Å². The molecule has 1 atom stereocenters. The van der Waals surface area contributed by atoms with Crippen LogP contribution in [0.5, 0.6) is 0 Å². The lowest BCUT2D eigenvalue weighted by molar-refractivity contribution is -0.0324. The molecule has 0 aromatic heterocycles. The van der Waals surface area contributed by atoms with Gasteiger partial charge in [-0.25, -0.2) is 4.79 Å². The van der Waals surface area contributed by atoms with Gasteiger partial charge >= 0.3 is 6.03 Å². The van der Waals surface area contributed by atoms with Gasteiger partial charge in [-0.15, -0.1) is 0 Å². The third-order valence-corrected chi connectivity index (χ3v) is 4.00. The lowest BCUT2D eigenvalue weighted by Gasteiger charge is -2.28. The molecule has 0 saturated heterocycles. The zero-order valence-corrected chi connectivity index (χ0v) is 14.3. The van der Waals surface area contributed by atoms with Crippen molar-refractivity contribution in [2.45, 2.75) is 19.4 Å². The molecule has 2 aromatic rings. The predicted molar refractivity (Wildman–Crippen MR) is 95.2 cm³/mol. The van der Waals surface area contributed by atoms with Gasteiger partial charge in [-0.2, -0.15) is 0 Å². The smallest absolute Gasteiger partial charge is 0.319 e. The Kier molecular flexibility index (Phi) is 5.95. The van der Waals surface area contributed by atoms with E-state index in [0.717, 1.165) is 5.56 Å². The van der Waals surface area contributed by atoms with E-state index >= 15 is 0 Å². The second-order valence-electron chi connectivity index (χ2n) is 5.94. The van der Waals surface area contributed by atoms with E-state index in [9.17, 15) is 9.90 Å². The van der Waals surface area contributed by atoms with Gasteiger partial charge < -0.3 is 20.5 Å². The van der Waals surface area contributed by atoms with Crippen LogP contribution >= 0.6 is 0 Å². The third kappa shape index (κ3) is 4.57. The molecule has 24 heavy (non-hydrogen) atoms. The maximum absolute atomic E-state index is 12.1. The summed E-state index contributed by atoms with van der Waals surface area (Å²) in [5.74, 6) is 0. The van der Waals surface area contributed by atoms with Crippen LogP contribution < -0.4 is 10.6 Å². The Hall–Kier alpha value is -2.37. The summed E-state index contributed by atoms with van der Waals surface area (Å²) in [5.41, 5.74) is 2.40. The molecule has 0 radical (unpaired) electrons. The maximum Gasteiger partial charge on any atom is 0.319 e. The van der Waals surface area contributed by atoms with E-state index in [1.165, 1.54) is 12.7 Å². The van der Waals surface area contributed by atoms with Gasteiger partial charge in [-0.3, -0.25) is 0 Å². The first-order valence-electron chi connectivity index (χ1n) is 7.83. The van der Waals surface area contributed by atoms with Crippen molar-refractivity contribution in [2.75, 3.05) is 25.6 Å². The van der Waals surface area contributed by atoms with Crippen LogP contribution in [0.4, 0.5) is 10.5 Å². The van der Waals surface area contributed by atoms with E-state index in [4.69, 9.17) is 4.74 Å². The van der Waals surface area contributed by atoms with Crippen LogP contribution in [0.2, 0.25) is 0 Å². The fraction of sp³-hybridized carbons (Fsp3) is 0.316. The number of anilines is 1. The number of benzene rings is 2. The Morgan fingerprint density at radius 3 is 2.46 bits per heavy atom. The van der Waals surface area contributed by atoms with Crippen molar-refractivity contribution in [1.29, 1.82) is 0 Å². The number of nitrogens with one attached hydrogen (secondary N) is 2. The Labute approximate surface area is 142 Å². The van der Waals surface area contributed by atoms with E-state index < -0.39 is 5.60 Å². The van der Waals surface area contributed by atoms with Gasteiger partial charge in [0.05, 0.1) is 13.2 Å². The van der Waals surface area contributed by atoms with E-state index in [1.54, 1.807) is 0 Å². The molecule has 1 unspecified atom stereocenters. The van der Waals surface area contributed by atoms with Gasteiger partial charge in [-0.05, 0) is 42.7 Å². The summed E-state index contributed by atoms with van der Waals surface area (Å²) in [7, 11) is 1.52. The molecule has 5 nitrogen and oxygen atoms in total. The Balaban J connectivity index is 2.01. The van der Waals surface area contributed by atoms with Gasteiger partial charge in [0.15, 0.2) is 0 Å². The molecule has 3 N–H and O–H groups in total. The van der Waals surface area contributed by atoms with Gasteiger partial charge in [-0.1, -0.05) is 36.4 Å². The van der Waals surface area contributed by atoms with Crippen LogP contribution in [-0.2, 0) is 10.3 Å². The van der Waals surface area contributed by atoms with Crippen molar-refractivity contribution in [2.24, 2.45) is 0 Å². The van der Waals surface area contributed by atoms with E-state index in [0.29, 0.717) is 11.3 Å². The van der Waals surface area contributed by atoms with Crippen LogP contribution in [0.25, 0.3) is 0 Å². The third-order valence-electron chi connectivity index (χ3n) is 4.00. The number of amides is 2. The highest BCUT2D eigenvalue weighted by Gasteiger charge is 2.29. The molecule has 0 aliphatic heterocycles. The zero-order valence-electron chi connectivity index (χ0n) is 14.3. The monoisotopic (exact) mass is 328 g/mol. The molecule has 0 aliphatic rings. The lowest BCUT2D eigenvalue weighted by Crippen LogP contribution is -2.45. The molecule has 128 valence electrons. The number of aliphatic hydroxyl groups is 1. The topological polar surface area (TPSA) is 70.6 Å². The first kappa shape index (κ1) is 18.0. The van der Waals surface area contributed by atoms with Crippen molar-refractivity contribution in [1.82, 2.24) is 5.32 Å². The van der Waals surface area contributed by atoms with Gasteiger partial charge in [0.25, 0.3) is 0 Å². The molecular weight excluding hydrogens is 304 g/mol. The molecule has 0 aliphatic carbocycles. The summed E-state index contributed by atoms with van der Waals surface area (Å²) >= 11 is 0. The summed E-state index contributed by atoms with van der Waals surface area (Å²) in [5, 5.41) is 16.3. The standard InChI is InChI=1S/C19H24N2O3/c1-14-9-10-17(11-15(14)2)21-18(22)20-12-19(23,13-24-3)16-7-5-4-6-8-16/h4-11,23H,12-13H2,1-3H3,(H2,20,21,22). The number of hydrogen-bond acceptors (Lipinski definition) is 3. The number of ether oxygens (including phenoxy) is 1. The predicted octanol–water partition coefficient (Wildman–Crippen LogP) is 2.96. The van der Waals surface area contributed by atoms with E-state index in [1.807, 2.05) is 62.4 Å². The molecule has 0 heterocycles. The van der Waals surface area contributed by atoms with Gasteiger partial charge in [0.1, 0.15) is 5.60 Å². The molecule has 2 amide bonds. The van der Waals surface area contributed by atoms with Crippen molar-refractivity contribution in [3.63, 3.8) is 0 Å². The average Bonchev–Trinajstić information content (AvgIpc) is 2.57. The first-order chi connectivity index (χ1) is 11.4. The first-order valence-corrected chi connectivity index (χ1v) is 7.83. The fourth-order valence-electron chi connectivity index (χ4n) is 2.44. The molecule has 0 spiro atoms. The number of carbonyl (C=O) groups is 1. The molecule has 0 saturated carbocycles. The van der Waals surface area contributed by atoms with Crippen LogP contribution in [-0.4, -0.2) is 31.4 Å². The van der Waals surface area contributed by atoms with Crippen LogP contribution in [0.15, 0.2) is 48.5 Å². The second-order valence-corrected chi connectivity index (χ2v) is 5.94. The second kappa shape index (κ2) is 7.95. The number of carbonyl (C=O) groups excluding carboxylic acids is 1. The van der Waals surface area contributed by atoms with Crippen molar-refractivity contribution >= 4 is 11.7 Å². The molecule has 2 rings (SSSR count). The number of rotatable bonds is 6. The minimum absolute atomic E-state index is 0.0432. The molecule has 0 fully saturated rings. The highest BCUT2D eigenvalue weighted by Crippen LogP contribution is 2.20. The summed E-state index contributed by atoms with van der Waals surface area (Å²) in [6.07, 6.45) is 0. The highest BCUT2D eigenvalue weighted by molar-refractivity contribution is 5.89. The zero-order chi connectivity index (χ0) is 17.6. The summed E-state index contributed by atoms with van der Waals surface area (Å²) < 4.78 is 5.12. The summed E-state index contributed by atoms with van der Waals surface area (Å²) in [4.78, 5) is 12.1. The number of urea groups is 1. The molecule has 0 bridgehead atoms. The Morgan fingerprint density at radius 1 is 1.12 bits per heavy atom. The van der Waals surface area contributed by atoms with E-state index in [-0.39, 0.29) is 19.2 Å². The van der Waals surface area contributed by atoms with E-state index in [2.05, 4.69) is 10.6 Å². The Morgan fingerprint density at radius 2 is 1.83 bits per heavy atom. The number of aryl methyl sites for hydroxylation is 2. The molecule has 5 heteroatoms. The average molecular weight is 328 g/mol. The van der Waals surface area contributed by atoms with Crippen LogP contribution in [0, 0.1) is 13.8 Å². The maximum atomic E-state index is 12.1. The summed E-state index contributed by atoms with van der Waals surface area (Å²) in [6.45, 7) is 4.14. The SMILES string of the molecule is COCC(O)(CNC(=O)Nc1ccc(C)c(C)c1)c1ccccc1. The van der Waals surface area contributed by atoms with Crippen molar-refractivity contribution in [3.05, 3.63) is 65.2 Å². The normalized spacial score (nSPS) is 13.2. The minimum atomic E-state index is -1.28. The summed E-state index contributed by atoms with van der Waals surface area (Å²) in [6, 6.07) is 14.5. The lowest BCUT2D eigenvalue weighted by atomic mass is 9.94. The largest absolute Gasteiger partial charge is 0.381 e. The fourth-order valence-corrected chi connectivity index (χ4v) is 2.44. The van der Waals surface area contributed by atoms with Gasteiger partial charge in [0, 0.05) is 12.8 Å².